The van der Waals surface area contributed by atoms with Crippen molar-refractivity contribution in [3.63, 3.8) is 0 Å². The monoisotopic (exact) mass is 1130 g/mol. The third kappa shape index (κ3) is 36.2. The molecule has 478 valence electrons. The fraction of sp³-hybridized carbons (Fsp3) is 1.00. The summed E-state index contributed by atoms with van der Waals surface area (Å²) in [4.78, 5) is 4.83. The van der Waals surface area contributed by atoms with E-state index in [0.717, 1.165) is 67.7 Å². The van der Waals surface area contributed by atoms with Gasteiger partial charge in [0.25, 0.3) is 0 Å². The van der Waals surface area contributed by atoms with Crippen LogP contribution in [0.2, 0.25) is 0 Å². The van der Waals surface area contributed by atoms with Crippen LogP contribution in [0.25, 0.3) is 0 Å². The molecule has 0 radical (unpaired) electrons. The molecule has 6 saturated carbocycles. The van der Waals surface area contributed by atoms with Crippen LogP contribution in [0.4, 0.5) is 13.2 Å². The quantitative estimate of drug-likeness (QED) is 0.0913. The van der Waals surface area contributed by atoms with Crippen molar-refractivity contribution < 1.29 is 13.2 Å². The molecule has 0 amide bonds. The number of halogens is 3. The van der Waals surface area contributed by atoms with Crippen LogP contribution in [0.15, 0.2) is 0 Å². The maximum Gasteiger partial charge on any atom is 0.406 e. The van der Waals surface area contributed by atoms with Crippen molar-refractivity contribution >= 4 is 0 Å². The Kier molecular flexibility index (Phi) is 38.5. The van der Waals surface area contributed by atoms with Gasteiger partial charge in [-0.2, -0.15) is 13.2 Å². The van der Waals surface area contributed by atoms with Gasteiger partial charge >= 0.3 is 6.18 Å². The molecule has 6 aliphatic carbocycles. The molecule has 79 heavy (non-hydrogen) atoms. The lowest BCUT2D eigenvalue weighted by Crippen LogP contribution is -2.54. The van der Waals surface area contributed by atoms with Gasteiger partial charge in [-0.3, -0.25) is 4.90 Å². The molecule has 7 unspecified atom stereocenters. The third-order valence-electron chi connectivity index (χ3n) is 17.9. The van der Waals surface area contributed by atoms with Crippen molar-refractivity contribution in [1.82, 2.24) is 41.7 Å². The van der Waals surface area contributed by atoms with E-state index in [1.807, 2.05) is 0 Å². The first-order valence-corrected chi connectivity index (χ1v) is 32.8. The van der Waals surface area contributed by atoms with Gasteiger partial charge in [-0.25, -0.2) is 0 Å². The van der Waals surface area contributed by atoms with E-state index in [4.69, 9.17) is 0 Å². The van der Waals surface area contributed by atoms with E-state index in [2.05, 4.69) is 229 Å². The number of fused-ring (bicyclic) bond motifs is 4. The van der Waals surface area contributed by atoms with Crippen LogP contribution in [0, 0.1) is 35.0 Å². The van der Waals surface area contributed by atoms with Crippen LogP contribution in [0.1, 0.15) is 291 Å². The predicted molar refractivity (Wildman–Crippen MR) is 347 cm³/mol. The van der Waals surface area contributed by atoms with Crippen molar-refractivity contribution in [3.05, 3.63) is 0 Å². The number of nitrogens with zero attached hydrogens (tertiary/aromatic N) is 2. The first-order chi connectivity index (χ1) is 35.7. The molecule has 6 aliphatic rings. The molecule has 0 aromatic carbocycles. The summed E-state index contributed by atoms with van der Waals surface area (Å²) >= 11 is 0. The Morgan fingerprint density at radius 3 is 0.949 bits per heavy atom. The molecular formula is C68H145F3N8. The lowest BCUT2D eigenvalue weighted by Gasteiger charge is -2.37. The summed E-state index contributed by atoms with van der Waals surface area (Å²) in [5.41, 5.74) is -0.826. The lowest BCUT2D eigenvalue weighted by molar-refractivity contribution is -0.187. The standard InChI is InChI=1S/2C10H19N.2C9H21N.C8H17N.C8H19N.C7H14F3N.C7H15N/c2*1-7(2)11-10-6-8-3-4-9(10)5-8;1-7(2)10-8(3)9(4,5)6;1-7(2)9(5,6)10-8(3)4;1-7(2)9(3)8-5-4-6-8;1-7(2)9(6)8(3,4)5;1-5(2)11-6(3,4)7(8,9)10;1-6(2)8-7-4-3-5-7/h2*7-11H,3-6H2,1-2H3;2*7-8,10H,1-6H3;7-8H,4-6H2,1-3H3;7H,1-6H3;5,11H,1-4H3;6-8H,3-5H2,1-2H3. The van der Waals surface area contributed by atoms with Crippen LogP contribution in [-0.4, -0.2) is 125 Å². The van der Waals surface area contributed by atoms with Gasteiger partial charge < -0.3 is 36.8 Å². The summed E-state index contributed by atoms with van der Waals surface area (Å²) in [7, 11) is 4.39. The molecule has 6 fully saturated rings. The fourth-order valence-electron chi connectivity index (χ4n) is 11.3. The van der Waals surface area contributed by atoms with Gasteiger partial charge in [-0.15, -0.1) is 0 Å². The zero-order chi connectivity index (χ0) is 62.2. The molecule has 6 rings (SSSR count). The number of alkyl halides is 3. The van der Waals surface area contributed by atoms with Gasteiger partial charge in [-0.1, -0.05) is 143 Å². The van der Waals surface area contributed by atoms with Crippen molar-refractivity contribution in [2.24, 2.45) is 35.0 Å². The molecule has 0 aromatic rings. The molecule has 6 N–H and O–H groups in total. The largest absolute Gasteiger partial charge is 0.406 e. The zero-order valence-electron chi connectivity index (χ0n) is 58.8. The van der Waals surface area contributed by atoms with Crippen molar-refractivity contribution in [1.29, 1.82) is 0 Å². The lowest BCUT2D eigenvalue weighted by atomic mass is 9.88. The van der Waals surface area contributed by atoms with E-state index in [9.17, 15) is 13.2 Å². The molecule has 0 spiro atoms. The Morgan fingerprint density at radius 1 is 0.430 bits per heavy atom. The molecule has 0 aromatic heterocycles. The molecule has 0 aliphatic heterocycles. The summed E-state index contributed by atoms with van der Waals surface area (Å²) in [6.07, 6.45) is 16.3. The Labute approximate surface area is 494 Å². The molecular weight excluding hydrogens is 986 g/mol. The maximum atomic E-state index is 12.1. The van der Waals surface area contributed by atoms with Gasteiger partial charge in [0, 0.05) is 89.6 Å². The second kappa shape index (κ2) is 37.8. The highest BCUT2D eigenvalue weighted by Gasteiger charge is 2.47. The van der Waals surface area contributed by atoms with Gasteiger partial charge in [0.1, 0.15) is 5.54 Å². The van der Waals surface area contributed by atoms with Crippen LogP contribution >= 0.6 is 0 Å². The van der Waals surface area contributed by atoms with Crippen molar-refractivity contribution in [2.75, 3.05) is 14.1 Å². The first kappa shape index (κ1) is 80.5. The minimum atomic E-state index is -4.18. The number of rotatable bonds is 16. The number of hydrogen-bond acceptors (Lipinski definition) is 8. The maximum absolute atomic E-state index is 12.1. The van der Waals surface area contributed by atoms with Gasteiger partial charge in [0.2, 0.25) is 0 Å². The Hall–Kier alpha value is -0.530. The summed E-state index contributed by atoms with van der Waals surface area (Å²) < 4.78 is 36.4. The topological polar surface area (TPSA) is 78.7 Å². The first-order valence-electron chi connectivity index (χ1n) is 32.8. The molecule has 0 saturated heterocycles. The summed E-state index contributed by atoms with van der Waals surface area (Å²) in [5.74, 6) is 4.91. The molecule has 4 bridgehead atoms. The normalized spacial score (nSPS) is 23.5. The van der Waals surface area contributed by atoms with Crippen LogP contribution < -0.4 is 31.9 Å². The second-order valence-corrected chi connectivity index (χ2v) is 31.4. The van der Waals surface area contributed by atoms with Gasteiger partial charge in [0.05, 0.1) is 0 Å². The minimum absolute atomic E-state index is 0.161. The van der Waals surface area contributed by atoms with E-state index in [-0.39, 0.29) is 11.6 Å². The van der Waals surface area contributed by atoms with Crippen molar-refractivity contribution in [3.8, 4) is 0 Å². The van der Waals surface area contributed by atoms with E-state index >= 15 is 0 Å². The summed E-state index contributed by atoms with van der Waals surface area (Å²) in [6.45, 7) is 61.4. The van der Waals surface area contributed by atoms with Crippen LogP contribution in [0.5, 0.6) is 0 Å². The molecule has 7 atom stereocenters. The number of nitrogens with one attached hydrogen (secondary N) is 6. The van der Waals surface area contributed by atoms with E-state index in [1.54, 1.807) is 13.8 Å². The average Bonchev–Trinajstić information content (AvgIpc) is 4.05. The molecule has 11 heteroatoms. The summed E-state index contributed by atoms with van der Waals surface area (Å²) in [5, 5.41) is 20.3. The van der Waals surface area contributed by atoms with Crippen LogP contribution in [-0.2, 0) is 0 Å². The third-order valence-corrected chi connectivity index (χ3v) is 17.9. The highest BCUT2D eigenvalue weighted by molar-refractivity contribution is 4.96. The van der Waals surface area contributed by atoms with Crippen molar-refractivity contribution in [2.45, 2.75) is 392 Å². The fourth-order valence-corrected chi connectivity index (χ4v) is 11.3. The second-order valence-electron chi connectivity index (χ2n) is 31.4. The zero-order valence-corrected chi connectivity index (χ0v) is 58.8. The smallest absolute Gasteiger partial charge is 0.312 e. The Balaban J connectivity index is 0. The highest BCUT2D eigenvalue weighted by atomic mass is 19.4. The van der Waals surface area contributed by atoms with E-state index in [0.29, 0.717) is 59.2 Å². The Bertz CT molecular complexity index is 1450. The summed E-state index contributed by atoms with van der Waals surface area (Å²) in [6, 6.07) is 8.52. The minimum Gasteiger partial charge on any atom is -0.312 e. The van der Waals surface area contributed by atoms with Gasteiger partial charge in [-0.05, 0) is 196 Å². The Morgan fingerprint density at radius 2 is 0.823 bits per heavy atom. The highest BCUT2D eigenvalue weighted by Crippen LogP contribution is 2.45. The van der Waals surface area contributed by atoms with Crippen LogP contribution in [0.3, 0.4) is 0 Å². The van der Waals surface area contributed by atoms with E-state index in [1.165, 1.54) is 89.9 Å². The molecule has 0 heterocycles. The SMILES string of the molecule is CC(C)N(C)C(C)(C)C.CC(C)N(C)C1CCC1.CC(C)NC(C)(C)C(C)C.CC(C)NC(C)(C)C(F)(F)F.CC(C)NC(C)C(C)(C)C.CC(C)NC1CC2CCC1C2.CC(C)NC1CC2CCC1C2.CC(C)NC1CCC1. The molecule has 8 nitrogen and oxygen atoms in total. The number of hydrogen-bond donors (Lipinski definition) is 6. The average molecular weight is 1130 g/mol. The van der Waals surface area contributed by atoms with E-state index < -0.39 is 11.7 Å². The predicted octanol–water partition coefficient (Wildman–Crippen LogP) is 17.1. The van der Waals surface area contributed by atoms with Gasteiger partial charge in [0.15, 0.2) is 0 Å².